The minimum Gasteiger partial charge on any atom is -0.370 e. The van der Waals surface area contributed by atoms with Gasteiger partial charge in [-0.3, -0.25) is 4.79 Å². The summed E-state index contributed by atoms with van der Waals surface area (Å²) < 4.78 is 1.32. The zero-order chi connectivity index (χ0) is 7.40. The second-order valence-electron chi connectivity index (χ2n) is 1.72. The summed E-state index contributed by atoms with van der Waals surface area (Å²) in [5, 5.41) is 10.1. The highest BCUT2D eigenvalue weighted by Crippen LogP contribution is 1.81. The van der Waals surface area contributed by atoms with Crippen LogP contribution in [0.5, 0.6) is 0 Å². The highest BCUT2D eigenvalue weighted by Gasteiger charge is 1.96. The van der Waals surface area contributed by atoms with Gasteiger partial charge in [-0.05, 0) is 10.4 Å². The Balaban J connectivity index is 2.35. The number of hydrogen-bond acceptors (Lipinski definition) is 4. The number of tetrazole rings is 1. The lowest BCUT2D eigenvalue weighted by Crippen LogP contribution is -2.14. The van der Waals surface area contributed by atoms with Crippen molar-refractivity contribution in [2.45, 2.75) is 13.0 Å². The Bertz CT molecular complexity index is 205. The van der Waals surface area contributed by atoms with Crippen molar-refractivity contribution in [3.8, 4) is 0 Å². The smallest absolute Gasteiger partial charge is 0.221 e. The van der Waals surface area contributed by atoms with Crippen LogP contribution in [0.15, 0.2) is 0 Å². The number of hydrogen-bond donors (Lipinski definition) is 1. The maximum absolute atomic E-state index is 10.2. The fraction of sp³-hybridized carbons (Fsp3) is 0.500. The van der Waals surface area contributed by atoms with Crippen LogP contribution in [0.4, 0.5) is 0 Å². The first-order chi connectivity index (χ1) is 4.79. The van der Waals surface area contributed by atoms with Crippen molar-refractivity contribution in [1.29, 1.82) is 0 Å². The summed E-state index contributed by atoms with van der Waals surface area (Å²) >= 11 is 0. The van der Waals surface area contributed by atoms with Gasteiger partial charge in [0.25, 0.3) is 0 Å². The van der Waals surface area contributed by atoms with Crippen LogP contribution in [0.1, 0.15) is 6.42 Å². The standard InChI is InChI=1S/C4H6N5O/c5-4(10)1-2-9-3-6-7-8-9/h1-2H2,(H2,5,10). The van der Waals surface area contributed by atoms with E-state index in [0.717, 1.165) is 0 Å². The monoisotopic (exact) mass is 140 g/mol. The van der Waals surface area contributed by atoms with Gasteiger partial charge in [-0.25, -0.2) is 4.68 Å². The number of rotatable bonds is 3. The minimum atomic E-state index is -0.371. The zero-order valence-corrected chi connectivity index (χ0v) is 5.19. The van der Waals surface area contributed by atoms with E-state index in [1.807, 2.05) is 0 Å². The molecule has 0 aliphatic carbocycles. The lowest BCUT2D eigenvalue weighted by Gasteiger charge is -1.92. The Labute approximate surface area is 57.0 Å². The molecule has 0 aliphatic heterocycles. The number of aromatic nitrogens is 4. The Morgan fingerprint density at radius 1 is 1.70 bits per heavy atom. The first-order valence-corrected chi connectivity index (χ1v) is 2.71. The van der Waals surface area contributed by atoms with Crippen LogP contribution in [0, 0.1) is 6.33 Å². The average Bonchev–Trinajstić information content (AvgIpc) is 2.34. The molecule has 0 aromatic carbocycles. The minimum absolute atomic E-state index is 0.238. The van der Waals surface area contributed by atoms with Crippen molar-refractivity contribution in [3.63, 3.8) is 0 Å². The molecule has 0 saturated heterocycles. The molecular weight excluding hydrogens is 134 g/mol. The molecule has 0 unspecified atom stereocenters. The summed E-state index contributed by atoms with van der Waals surface area (Å²) in [6, 6.07) is 0. The predicted octanol–water partition coefficient (Wildman–Crippen LogP) is -1.65. The van der Waals surface area contributed by atoms with Crippen LogP contribution in [-0.2, 0) is 11.3 Å². The fourth-order valence-electron chi connectivity index (χ4n) is 0.471. The first kappa shape index (κ1) is 6.66. The van der Waals surface area contributed by atoms with E-state index in [4.69, 9.17) is 5.73 Å². The van der Waals surface area contributed by atoms with Gasteiger partial charge >= 0.3 is 0 Å². The van der Waals surface area contributed by atoms with E-state index in [-0.39, 0.29) is 12.3 Å². The fourth-order valence-corrected chi connectivity index (χ4v) is 0.471. The summed E-state index contributed by atoms with van der Waals surface area (Å²) in [5.41, 5.74) is 4.87. The molecule has 6 nitrogen and oxygen atoms in total. The molecule has 0 saturated carbocycles. The van der Waals surface area contributed by atoms with Crippen LogP contribution in [-0.4, -0.2) is 26.1 Å². The second-order valence-corrected chi connectivity index (χ2v) is 1.72. The lowest BCUT2D eigenvalue weighted by atomic mass is 10.4. The van der Waals surface area contributed by atoms with E-state index in [1.165, 1.54) is 4.68 Å². The van der Waals surface area contributed by atoms with Gasteiger partial charge in [0.15, 0.2) is 0 Å². The Morgan fingerprint density at radius 3 is 3.00 bits per heavy atom. The third-order valence-electron chi connectivity index (χ3n) is 0.923. The van der Waals surface area contributed by atoms with Gasteiger partial charge in [0, 0.05) is 6.42 Å². The number of aryl methyl sites for hydroxylation is 1. The zero-order valence-electron chi connectivity index (χ0n) is 5.19. The summed E-state index contributed by atoms with van der Waals surface area (Å²) in [7, 11) is 0. The maximum Gasteiger partial charge on any atom is 0.221 e. The molecule has 1 aromatic rings. The molecule has 1 radical (unpaired) electrons. The Hall–Kier alpha value is -1.46. The van der Waals surface area contributed by atoms with Crippen molar-refractivity contribution in [3.05, 3.63) is 6.33 Å². The van der Waals surface area contributed by atoms with E-state index >= 15 is 0 Å². The van der Waals surface area contributed by atoms with Crippen molar-refractivity contribution in [1.82, 2.24) is 20.2 Å². The van der Waals surface area contributed by atoms with Gasteiger partial charge < -0.3 is 5.73 Å². The van der Waals surface area contributed by atoms with Crippen molar-refractivity contribution in [2.75, 3.05) is 0 Å². The molecule has 0 bridgehead atoms. The van der Waals surface area contributed by atoms with Gasteiger partial charge in [0.2, 0.25) is 12.2 Å². The number of amides is 1. The molecule has 0 aliphatic rings. The third-order valence-corrected chi connectivity index (χ3v) is 0.923. The highest BCUT2D eigenvalue weighted by molar-refractivity contribution is 5.73. The molecule has 1 rings (SSSR count). The van der Waals surface area contributed by atoms with Crippen LogP contribution < -0.4 is 5.73 Å². The predicted molar refractivity (Wildman–Crippen MR) is 30.5 cm³/mol. The summed E-state index contributed by atoms with van der Waals surface area (Å²) in [6.45, 7) is 0.391. The molecule has 0 spiro atoms. The number of nitrogens with zero attached hydrogens (tertiary/aromatic N) is 4. The number of carbonyl (C=O) groups is 1. The van der Waals surface area contributed by atoms with Crippen LogP contribution in [0.3, 0.4) is 0 Å². The van der Waals surface area contributed by atoms with E-state index in [2.05, 4.69) is 21.9 Å². The number of carbonyl (C=O) groups excluding carboxylic acids is 1. The molecular formula is C4H6N5O. The maximum atomic E-state index is 10.2. The van der Waals surface area contributed by atoms with Crippen molar-refractivity contribution in [2.24, 2.45) is 5.73 Å². The summed E-state index contributed by atoms with van der Waals surface area (Å²) in [4.78, 5) is 10.2. The van der Waals surface area contributed by atoms with Gasteiger partial charge in [-0.1, -0.05) is 0 Å². The molecule has 6 heteroatoms. The highest BCUT2D eigenvalue weighted by atomic mass is 16.1. The summed E-state index contributed by atoms with van der Waals surface area (Å²) in [5.74, 6) is -0.371. The Kier molecular flexibility index (Phi) is 1.93. The van der Waals surface area contributed by atoms with Crippen LogP contribution >= 0.6 is 0 Å². The first-order valence-electron chi connectivity index (χ1n) is 2.71. The topological polar surface area (TPSA) is 86.7 Å². The van der Waals surface area contributed by atoms with Gasteiger partial charge in [-0.15, -0.1) is 5.10 Å². The summed E-state index contributed by atoms with van der Waals surface area (Å²) in [6.07, 6.45) is 2.67. The third kappa shape index (κ3) is 1.81. The van der Waals surface area contributed by atoms with E-state index in [0.29, 0.717) is 6.54 Å². The molecule has 1 amide bonds. The van der Waals surface area contributed by atoms with E-state index in [1.54, 1.807) is 0 Å². The normalized spacial score (nSPS) is 9.60. The quantitative estimate of drug-likeness (QED) is 0.544. The lowest BCUT2D eigenvalue weighted by molar-refractivity contribution is -0.118. The number of nitrogens with two attached hydrogens (primary N) is 1. The molecule has 2 N–H and O–H groups in total. The second kappa shape index (κ2) is 2.90. The van der Waals surface area contributed by atoms with Crippen LogP contribution in [0.2, 0.25) is 0 Å². The molecule has 53 valence electrons. The van der Waals surface area contributed by atoms with Crippen molar-refractivity contribution >= 4 is 5.91 Å². The largest absolute Gasteiger partial charge is 0.370 e. The SMILES string of the molecule is NC(=O)CCn1[c]nnn1. The molecule has 0 atom stereocenters. The van der Waals surface area contributed by atoms with E-state index < -0.39 is 0 Å². The van der Waals surface area contributed by atoms with Gasteiger partial charge in [0.05, 0.1) is 6.54 Å². The molecule has 1 aromatic heterocycles. The molecule has 10 heavy (non-hydrogen) atoms. The number of primary amides is 1. The van der Waals surface area contributed by atoms with Crippen LogP contribution in [0.25, 0.3) is 0 Å². The molecule has 0 fully saturated rings. The van der Waals surface area contributed by atoms with Crippen molar-refractivity contribution < 1.29 is 4.79 Å². The Morgan fingerprint density at radius 2 is 2.50 bits per heavy atom. The molecule has 1 heterocycles. The average molecular weight is 140 g/mol. The van der Waals surface area contributed by atoms with Gasteiger partial charge in [-0.2, -0.15) is 0 Å². The van der Waals surface area contributed by atoms with E-state index in [9.17, 15) is 4.79 Å². The van der Waals surface area contributed by atoms with Gasteiger partial charge in [0.1, 0.15) is 0 Å².